The van der Waals surface area contributed by atoms with Gasteiger partial charge in [0.25, 0.3) is 0 Å². The van der Waals surface area contributed by atoms with Gasteiger partial charge in [-0.05, 0) is 30.3 Å². The maximum atomic E-state index is 4.52. The highest BCUT2D eigenvalue weighted by Crippen LogP contribution is 2.19. The first-order valence-corrected chi connectivity index (χ1v) is 7.05. The molecule has 0 aliphatic rings. The Balaban J connectivity index is 1.62. The van der Waals surface area contributed by atoms with E-state index in [1.165, 1.54) is 0 Å². The van der Waals surface area contributed by atoms with E-state index in [-0.39, 0.29) is 0 Å². The van der Waals surface area contributed by atoms with Gasteiger partial charge in [0.15, 0.2) is 5.16 Å². The van der Waals surface area contributed by atoms with E-state index in [2.05, 4.69) is 21.0 Å². The molecule has 0 fully saturated rings. The van der Waals surface area contributed by atoms with E-state index in [9.17, 15) is 0 Å². The van der Waals surface area contributed by atoms with Crippen molar-refractivity contribution in [1.29, 1.82) is 0 Å². The number of para-hydroxylation sites is 2. The summed E-state index contributed by atoms with van der Waals surface area (Å²) in [6.07, 6.45) is 5.92. The summed E-state index contributed by atoms with van der Waals surface area (Å²) in [6, 6.07) is 14.0. The van der Waals surface area contributed by atoms with Crippen molar-refractivity contribution in [1.82, 2.24) is 15.0 Å². The number of nitrogens with zero attached hydrogens (tertiary/aromatic N) is 2. The Labute approximate surface area is 115 Å². The van der Waals surface area contributed by atoms with Gasteiger partial charge >= 0.3 is 0 Å². The predicted octanol–water partition coefficient (Wildman–Crippen LogP) is 3.76. The van der Waals surface area contributed by atoms with Crippen molar-refractivity contribution in [2.75, 3.05) is 5.75 Å². The number of fused-ring (bicyclic) bond motifs is 1. The summed E-state index contributed by atoms with van der Waals surface area (Å²) in [5.74, 6) is 0.871. The van der Waals surface area contributed by atoms with Gasteiger partial charge in [-0.2, -0.15) is 0 Å². The minimum Gasteiger partial charge on any atom is -0.333 e. The molecule has 0 atom stereocenters. The largest absolute Gasteiger partial charge is 0.333 e. The second-order valence-electron chi connectivity index (χ2n) is 4.03. The van der Waals surface area contributed by atoms with E-state index in [4.69, 9.17) is 0 Å². The van der Waals surface area contributed by atoms with Crippen LogP contribution >= 0.6 is 11.8 Å². The van der Waals surface area contributed by atoms with Crippen molar-refractivity contribution in [2.45, 2.75) is 5.16 Å². The molecule has 0 amide bonds. The monoisotopic (exact) mass is 267 g/mol. The van der Waals surface area contributed by atoms with Gasteiger partial charge in [-0.15, -0.1) is 0 Å². The Morgan fingerprint density at radius 3 is 2.84 bits per heavy atom. The molecule has 1 aromatic carbocycles. The second kappa shape index (κ2) is 5.71. The summed E-state index contributed by atoms with van der Waals surface area (Å²) in [4.78, 5) is 12.1. The van der Waals surface area contributed by atoms with Gasteiger partial charge in [-0.3, -0.25) is 4.98 Å². The summed E-state index contributed by atoms with van der Waals surface area (Å²) >= 11 is 1.68. The number of H-pyrrole nitrogens is 1. The van der Waals surface area contributed by atoms with Crippen molar-refractivity contribution < 1.29 is 0 Å². The molecule has 94 valence electrons. The standard InChI is InChI=1S/C15H13N3S/c1-2-9-14-13(8-1)17-15(18-14)19-11-5-7-12-6-3-4-10-16-12/h1-10H,11H2,(H,17,18). The lowest BCUT2D eigenvalue weighted by molar-refractivity contribution is 1.08. The zero-order chi connectivity index (χ0) is 12.9. The Kier molecular flexibility index (Phi) is 3.61. The number of rotatable bonds is 4. The van der Waals surface area contributed by atoms with Crippen LogP contribution in [0.2, 0.25) is 0 Å². The van der Waals surface area contributed by atoms with E-state index < -0.39 is 0 Å². The fraction of sp³-hybridized carbons (Fsp3) is 0.0667. The van der Waals surface area contributed by atoms with Crippen LogP contribution in [-0.2, 0) is 0 Å². The molecule has 0 saturated heterocycles. The van der Waals surface area contributed by atoms with Gasteiger partial charge < -0.3 is 4.98 Å². The zero-order valence-corrected chi connectivity index (χ0v) is 11.1. The quantitative estimate of drug-likeness (QED) is 0.732. The first-order chi connectivity index (χ1) is 9.42. The first-order valence-electron chi connectivity index (χ1n) is 6.07. The highest BCUT2D eigenvalue weighted by atomic mass is 32.2. The predicted molar refractivity (Wildman–Crippen MR) is 80.1 cm³/mol. The third-order valence-electron chi connectivity index (χ3n) is 2.66. The van der Waals surface area contributed by atoms with Gasteiger partial charge in [0.2, 0.25) is 0 Å². The number of benzene rings is 1. The number of hydrogen-bond donors (Lipinski definition) is 1. The topological polar surface area (TPSA) is 41.6 Å². The van der Waals surface area contributed by atoms with Gasteiger partial charge in [0.1, 0.15) is 0 Å². The molecule has 0 unspecified atom stereocenters. The molecule has 4 heteroatoms. The van der Waals surface area contributed by atoms with Crippen LogP contribution in [0.15, 0.2) is 59.9 Å². The molecule has 2 heterocycles. The van der Waals surface area contributed by atoms with Gasteiger partial charge in [-0.25, -0.2) is 4.98 Å². The Morgan fingerprint density at radius 1 is 1.11 bits per heavy atom. The van der Waals surface area contributed by atoms with Crippen LogP contribution < -0.4 is 0 Å². The lowest BCUT2D eigenvalue weighted by Crippen LogP contribution is -1.79. The molecule has 0 saturated carbocycles. The van der Waals surface area contributed by atoms with Crippen molar-refractivity contribution >= 4 is 28.9 Å². The van der Waals surface area contributed by atoms with E-state index in [0.29, 0.717) is 0 Å². The number of imidazole rings is 1. The normalized spacial score (nSPS) is 11.4. The SMILES string of the molecule is C(=Cc1ccccn1)CSc1nc2ccccc2[nH]1. The summed E-state index contributed by atoms with van der Waals surface area (Å²) in [5.41, 5.74) is 3.07. The molecule has 2 aromatic heterocycles. The van der Waals surface area contributed by atoms with Crippen LogP contribution in [0.3, 0.4) is 0 Å². The molecule has 0 spiro atoms. The van der Waals surface area contributed by atoms with Crippen LogP contribution in [0.25, 0.3) is 17.1 Å². The second-order valence-corrected chi connectivity index (χ2v) is 5.04. The summed E-state index contributed by atoms with van der Waals surface area (Å²) < 4.78 is 0. The summed E-state index contributed by atoms with van der Waals surface area (Å²) in [5, 5.41) is 0.951. The van der Waals surface area contributed by atoms with Crippen molar-refractivity contribution in [3.63, 3.8) is 0 Å². The van der Waals surface area contributed by atoms with Crippen LogP contribution in [0, 0.1) is 0 Å². The highest BCUT2D eigenvalue weighted by molar-refractivity contribution is 7.99. The van der Waals surface area contributed by atoms with E-state index >= 15 is 0 Å². The minimum atomic E-state index is 0.871. The van der Waals surface area contributed by atoms with Gasteiger partial charge in [0, 0.05) is 11.9 Å². The van der Waals surface area contributed by atoms with Gasteiger partial charge in [-0.1, -0.05) is 36.0 Å². The smallest absolute Gasteiger partial charge is 0.166 e. The number of nitrogens with one attached hydrogen (secondary N) is 1. The maximum Gasteiger partial charge on any atom is 0.166 e. The van der Waals surface area contributed by atoms with Crippen molar-refractivity contribution in [3.8, 4) is 0 Å². The zero-order valence-electron chi connectivity index (χ0n) is 10.3. The number of thioether (sulfide) groups is 1. The molecule has 3 aromatic rings. The highest BCUT2D eigenvalue weighted by Gasteiger charge is 2.00. The summed E-state index contributed by atoms with van der Waals surface area (Å²) in [7, 11) is 0. The average molecular weight is 267 g/mol. The molecule has 0 bridgehead atoms. The molecule has 0 aliphatic carbocycles. The van der Waals surface area contributed by atoms with Crippen molar-refractivity contribution in [2.24, 2.45) is 0 Å². The molecule has 3 nitrogen and oxygen atoms in total. The fourth-order valence-corrected chi connectivity index (χ4v) is 2.46. The molecular weight excluding hydrogens is 254 g/mol. The number of pyridine rings is 1. The van der Waals surface area contributed by atoms with E-state index in [0.717, 1.165) is 27.6 Å². The van der Waals surface area contributed by atoms with Crippen molar-refractivity contribution in [3.05, 3.63) is 60.4 Å². The third-order valence-corrected chi connectivity index (χ3v) is 3.49. The lowest BCUT2D eigenvalue weighted by Gasteiger charge is -1.92. The summed E-state index contributed by atoms with van der Waals surface area (Å²) in [6.45, 7) is 0. The molecule has 1 N–H and O–H groups in total. The lowest BCUT2D eigenvalue weighted by atomic mass is 10.3. The maximum absolute atomic E-state index is 4.52. The number of aromatic nitrogens is 3. The Morgan fingerprint density at radius 2 is 2.00 bits per heavy atom. The van der Waals surface area contributed by atoms with E-state index in [1.807, 2.05) is 48.5 Å². The first kappa shape index (κ1) is 12.0. The molecule has 0 aliphatic heterocycles. The van der Waals surface area contributed by atoms with Crippen LogP contribution in [0.5, 0.6) is 0 Å². The van der Waals surface area contributed by atoms with Crippen LogP contribution in [0.1, 0.15) is 5.69 Å². The molecule has 3 rings (SSSR count). The number of aromatic amines is 1. The Hall–Kier alpha value is -2.07. The third kappa shape index (κ3) is 3.03. The van der Waals surface area contributed by atoms with Gasteiger partial charge in [0.05, 0.1) is 16.7 Å². The number of hydrogen-bond acceptors (Lipinski definition) is 3. The Bertz CT molecular complexity index is 656. The van der Waals surface area contributed by atoms with E-state index in [1.54, 1.807) is 18.0 Å². The van der Waals surface area contributed by atoms with Crippen LogP contribution in [-0.4, -0.2) is 20.7 Å². The minimum absolute atomic E-state index is 0.871. The fourth-order valence-electron chi connectivity index (χ4n) is 1.77. The molecule has 0 radical (unpaired) electrons. The average Bonchev–Trinajstić information content (AvgIpc) is 2.87. The van der Waals surface area contributed by atoms with Crippen LogP contribution in [0.4, 0.5) is 0 Å². The molecular formula is C15H13N3S. The molecule has 19 heavy (non-hydrogen) atoms.